The van der Waals surface area contributed by atoms with Gasteiger partial charge in [-0.15, -0.1) is 12.4 Å². The van der Waals surface area contributed by atoms with E-state index in [0.717, 1.165) is 11.5 Å². The van der Waals surface area contributed by atoms with Gasteiger partial charge >= 0.3 is 0 Å². The van der Waals surface area contributed by atoms with E-state index in [4.69, 9.17) is 4.99 Å². The van der Waals surface area contributed by atoms with Crippen LogP contribution in [-0.4, -0.2) is 5.96 Å². The first-order valence-electron chi connectivity index (χ1n) is 9.55. The number of hydrogen-bond acceptors (Lipinski definition) is 3. The topological polar surface area (TPSA) is 36.4 Å². The van der Waals surface area contributed by atoms with Crippen molar-refractivity contribution in [3.63, 3.8) is 0 Å². The first kappa shape index (κ1) is 20.9. The van der Waals surface area contributed by atoms with Crippen LogP contribution in [0.5, 0.6) is 0 Å². The molecule has 29 heavy (non-hydrogen) atoms. The lowest BCUT2D eigenvalue weighted by atomic mass is 9.90. The average Bonchev–Trinajstić information content (AvgIpc) is 3.12. The summed E-state index contributed by atoms with van der Waals surface area (Å²) in [5.74, 6) is 0.546. The van der Waals surface area contributed by atoms with Crippen LogP contribution < -0.4 is 10.6 Å². The third-order valence-corrected chi connectivity index (χ3v) is 5.28. The highest BCUT2D eigenvalue weighted by Crippen LogP contribution is 2.38. The van der Waals surface area contributed by atoms with Crippen LogP contribution in [0.1, 0.15) is 39.9 Å². The van der Waals surface area contributed by atoms with Crippen LogP contribution >= 0.6 is 12.4 Å². The molecule has 5 heteroatoms. The molecule has 1 aliphatic rings. The normalized spacial score (nSPS) is 17.8. The molecule has 0 amide bonds. The molecule has 4 rings (SSSR count). The Morgan fingerprint density at radius 1 is 0.862 bits per heavy atom. The highest BCUT2D eigenvalue weighted by atomic mass is 35.5. The molecule has 0 saturated heterocycles. The smallest absolute Gasteiger partial charge is 0.192 e. The molecule has 3 aromatic carbocycles. The minimum absolute atomic E-state index is 0. The molecular weight excluding hydrogens is 385 g/mol. The van der Waals surface area contributed by atoms with Crippen LogP contribution in [0.4, 0.5) is 4.39 Å². The second-order valence-corrected chi connectivity index (χ2v) is 7.24. The van der Waals surface area contributed by atoms with Crippen LogP contribution in [0, 0.1) is 19.7 Å². The van der Waals surface area contributed by atoms with Crippen molar-refractivity contribution < 1.29 is 4.39 Å². The minimum atomic E-state index is -0.223. The summed E-state index contributed by atoms with van der Waals surface area (Å²) >= 11 is 0. The third kappa shape index (κ3) is 4.60. The molecule has 0 aliphatic carbocycles. The van der Waals surface area contributed by atoms with E-state index < -0.39 is 0 Å². The Labute approximate surface area is 177 Å². The first-order valence-corrected chi connectivity index (χ1v) is 9.55. The van der Waals surface area contributed by atoms with Crippen LogP contribution in [0.25, 0.3) is 0 Å². The monoisotopic (exact) mass is 409 g/mol. The number of halogens is 2. The van der Waals surface area contributed by atoms with Gasteiger partial charge in [0.2, 0.25) is 0 Å². The van der Waals surface area contributed by atoms with Gasteiger partial charge in [-0.05, 0) is 53.8 Å². The Morgan fingerprint density at radius 3 is 2.07 bits per heavy atom. The average molecular weight is 410 g/mol. The summed E-state index contributed by atoms with van der Waals surface area (Å²) < 4.78 is 13.1. The van der Waals surface area contributed by atoms with E-state index in [-0.39, 0.29) is 30.3 Å². The second-order valence-electron chi connectivity index (χ2n) is 7.24. The first-order chi connectivity index (χ1) is 13.6. The van der Waals surface area contributed by atoms with E-state index in [0.29, 0.717) is 6.54 Å². The highest BCUT2D eigenvalue weighted by molar-refractivity contribution is 5.85. The number of benzene rings is 3. The summed E-state index contributed by atoms with van der Waals surface area (Å²) in [6.07, 6.45) is 0. The largest absolute Gasteiger partial charge is 0.352 e. The molecule has 3 nitrogen and oxygen atoms in total. The van der Waals surface area contributed by atoms with E-state index in [1.165, 1.54) is 34.4 Å². The van der Waals surface area contributed by atoms with E-state index in [9.17, 15) is 4.39 Å². The lowest BCUT2D eigenvalue weighted by Crippen LogP contribution is -2.35. The number of guanidine groups is 1. The number of hydrogen-bond donors (Lipinski definition) is 2. The maximum atomic E-state index is 13.1. The maximum absolute atomic E-state index is 13.1. The SMILES string of the molecule is Cc1ccccc1C1N=C(NCc2ccc(F)cc2)NC1c1ccccc1C.Cl. The maximum Gasteiger partial charge on any atom is 0.192 e. The molecule has 0 fully saturated rings. The standard InChI is InChI=1S/C24H24FN3.ClH/c1-16-7-3-5-9-20(16)22-23(21-10-6-4-8-17(21)2)28-24(27-22)26-15-18-11-13-19(25)14-12-18;/h3-14,22-23H,15H2,1-2H3,(H2,26,27,28);1H. The lowest BCUT2D eigenvalue weighted by Gasteiger charge is -2.22. The zero-order valence-electron chi connectivity index (χ0n) is 16.5. The van der Waals surface area contributed by atoms with Crippen molar-refractivity contribution in [3.05, 3.63) is 106 Å². The van der Waals surface area contributed by atoms with Gasteiger partial charge in [0.15, 0.2) is 5.96 Å². The van der Waals surface area contributed by atoms with E-state index >= 15 is 0 Å². The van der Waals surface area contributed by atoms with E-state index in [1.807, 2.05) is 0 Å². The van der Waals surface area contributed by atoms with Gasteiger partial charge in [0.25, 0.3) is 0 Å². The molecule has 1 heterocycles. The van der Waals surface area contributed by atoms with Crippen molar-refractivity contribution in [3.8, 4) is 0 Å². The molecule has 2 atom stereocenters. The summed E-state index contributed by atoms with van der Waals surface area (Å²) in [4.78, 5) is 4.97. The van der Waals surface area contributed by atoms with Gasteiger partial charge in [0.1, 0.15) is 11.9 Å². The quantitative estimate of drug-likeness (QED) is 0.605. The molecular formula is C24H25ClFN3. The fourth-order valence-electron chi connectivity index (χ4n) is 3.71. The molecule has 1 aliphatic heterocycles. The molecule has 0 radical (unpaired) electrons. The number of nitrogens with zero attached hydrogens (tertiary/aromatic N) is 1. The van der Waals surface area contributed by atoms with Crippen LogP contribution in [0.2, 0.25) is 0 Å². The number of aryl methyl sites for hydroxylation is 2. The van der Waals surface area contributed by atoms with Gasteiger partial charge < -0.3 is 10.6 Å². The van der Waals surface area contributed by atoms with Crippen molar-refractivity contribution in [2.45, 2.75) is 32.5 Å². The Morgan fingerprint density at radius 2 is 1.45 bits per heavy atom. The van der Waals surface area contributed by atoms with Gasteiger partial charge in [-0.2, -0.15) is 0 Å². The molecule has 0 aromatic heterocycles. The predicted molar refractivity (Wildman–Crippen MR) is 119 cm³/mol. The van der Waals surface area contributed by atoms with Crippen LogP contribution in [0.3, 0.4) is 0 Å². The molecule has 0 bridgehead atoms. The fourth-order valence-corrected chi connectivity index (χ4v) is 3.71. The van der Waals surface area contributed by atoms with Crippen molar-refractivity contribution >= 4 is 18.4 Å². The van der Waals surface area contributed by atoms with Gasteiger partial charge in [-0.3, -0.25) is 0 Å². The van der Waals surface area contributed by atoms with Crippen molar-refractivity contribution in [1.29, 1.82) is 0 Å². The predicted octanol–water partition coefficient (Wildman–Crippen LogP) is 5.40. The zero-order valence-corrected chi connectivity index (χ0v) is 17.3. The van der Waals surface area contributed by atoms with Crippen molar-refractivity contribution in [2.75, 3.05) is 0 Å². The summed E-state index contributed by atoms with van der Waals surface area (Å²) in [7, 11) is 0. The van der Waals surface area contributed by atoms with Gasteiger partial charge in [-0.25, -0.2) is 9.38 Å². The second kappa shape index (κ2) is 9.10. The summed E-state index contributed by atoms with van der Waals surface area (Å²) in [6.45, 7) is 4.85. The fraction of sp³-hybridized carbons (Fsp3) is 0.208. The molecule has 2 unspecified atom stereocenters. The summed E-state index contributed by atoms with van der Waals surface area (Å²) in [5.41, 5.74) is 5.96. The van der Waals surface area contributed by atoms with Crippen LogP contribution in [0.15, 0.2) is 77.8 Å². The Hall–Kier alpha value is -2.85. The van der Waals surface area contributed by atoms with E-state index in [1.54, 1.807) is 12.1 Å². The van der Waals surface area contributed by atoms with Gasteiger partial charge in [0, 0.05) is 6.54 Å². The van der Waals surface area contributed by atoms with E-state index in [2.05, 4.69) is 73.0 Å². The summed E-state index contributed by atoms with van der Waals surface area (Å²) in [5, 5.41) is 6.94. The number of aliphatic imine (C=N–C) groups is 1. The third-order valence-electron chi connectivity index (χ3n) is 5.28. The van der Waals surface area contributed by atoms with Gasteiger partial charge in [0.05, 0.1) is 6.04 Å². The molecule has 0 saturated carbocycles. The minimum Gasteiger partial charge on any atom is -0.352 e. The molecule has 0 spiro atoms. The van der Waals surface area contributed by atoms with Crippen molar-refractivity contribution in [1.82, 2.24) is 10.6 Å². The Bertz CT molecular complexity index is 1000. The number of rotatable bonds is 4. The summed E-state index contributed by atoms with van der Waals surface area (Å²) in [6, 6.07) is 23.4. The lowest BCUT2D eigenvalue weighted by molar-refractivity contribution is 0.565. The van der Waals surface area contributed by atoms with Crippen molar-refractivity contribution in [2.24, 2.45) is 4.99 Å². The zero-order chi connectivity index (χ0) is 19.5. The van der Waals surface area contributed by atoms with Gasteiger partial charge in [-0.1, -0.05) is 60.7 Å². The Kier molecular flexibility index (Phi) is 6.55. The highest BCUT2D eigenvalue weighted by Gasteiger charge is 2.32. The molecule has 2 N–H and O–H groups in total. The number of nitrogens with one attached hydrogen (secondary N) is 2. The Balaban J connectivity index is 0.00000240. The molecule has 3 aromatic rings. The van der Waals surface area contributed by atoms with Crippen LogP contribution in [-0.2, 0) is 6.54 Å². The molecule has 150 valence electrons.